The Morgan fingerprint density at radius 3 is 2.00 bits per heavy atom. The summed E-state index contributed by atoms with van der Waals surface area (Å²) in [5.41, 5.74) is 0. The Bertz CT molecular complexity index is 147. The molecule has 3 nitrogen and oxygen atoms in total. The monoisotopic (exact) mass is 213 g/mol. The number of hydrogen-bond acceptors (Lipinski definition) is 3. The fourth-order valence-electron chi connectivity index (χ4n) is 2.41. The molecule has 2 aliphatic rings. The molecule has 0 aromatic carbocycles. The second kappa shape index (κ2) is 7.20. The summed E-state index contributed by atoms with van der Waals surface area (Å²) in [5, 5.41) is 3.41. The van der Waals surface area contributed by atoms with Crippen LogP contribution in [0.1, 0.15) is 26.7 Å². The van der Waals surface area contributed by atoms with Gasteiger partial charge < -0.3 is 10.2 Å². The third-order valence-electron chi connectivity index (χ3n) is 3.36. The van der Waals surface area contributed by atoms with Gasteiger partial charge in [0.1, 0.15) is 0 Å². The van der Waals surface area contributed by atoms with Crippen LogP contribution < -0.4 is 5.32 Å². The molecule has 0 amide bonds. The second-order valence-corrected chi connectivity index (χ2v) is 4.32. The largest absolute Gasteiger partial charge is 0.314 e. The normalized spacial score (nSPS) is 25.8. The van der Waals surface area contributed by atoms with Crippen molar-refractivity contribution < 1.29 is 0 Å². The van der Waals surface area contributed by atoms with Crippen LogP contribution in [-0.4, -0.2) is 62.2 Å². The standard InChI is InChI=1S/C10H21N3.C2H6/c1-12-6-2-10(3-7-12)13-8-4-11-5-9-13;1-2/h10-11H,2-9H2,1H3;1-2H3. The van der Waals surface area contributed by atoms with E-state index in [1.165, 1.54) is 52.1 Å². The SMILES string of the molecule is CC.CN1CCC(N2CCNCC2)CC1. The Labute approximate surface area is 94.8 Å². The maximum absolute atomic E-state index is 3.41. The quantitative estimate of drug-likeness (QED) is 0.701. The lowest BCUT2D eigenvalue weighted by Gasteiger charge is -2.39. The van der Waals surface area contributed by atoms with Crippen LogP contribution in [0, 0.1) is 0 Å². The van der Waals surface area contributed by atoms with E-state index in [9.17, 15) is 0 Å². The first-order valence-corrected chi connectivity index (χ1v) is 6.49. The molecule has 3 heteroatoms. The summed E-state index contributed by atoms with van der Waals surface area (Å²) in [6, 6.07) is 0.873. The van der Waals surface area contributed by atoms with Gasteiger partial charge in [0, 0.05) is 32.2 Å². The van der Waals surface area contributed by atoms with Crippen molar-refractivity contribution in [1.82, 2.24) is 15.1 Å². The minimum absolute atomic E-state index is 0.873. The summed E-state index contributed by atoms with van der Waals surface area (Å²) < 4.78 is 0. The summed E-state index contributed by atoms with van der Waals surface area (Å²) in [6.45, 7) is 11.5. The highest BCUT2D eigenvalue weighted by Crippen LogP contribution is 2.15. The molecule has 0 unspecified atom stereocenters. The van der Waals surface area contributed by atoms with E-state index in [0.717, 1.165) is 6.04 Å². The predicted molar refractivity (Wildman–Crippen MR) is 66.3 cm³/mol. The summed E-state index contributed by atoms with van der Waals surface area (Å²) in [5.74, 6) is 0. The molecular formula is C12H27N3. The smallest absolute Gasteiger partial charge is 0.0121 e. The molecule has 2 aliphatic heterocycles. The van der Waals surface area contributed by atoms with Crippen LogP contribution in [0.2, 0.25) is 0 Å². The third kappa shape index (κ3) is 4.09. The van der Waals surface area contributed by atoms with Crippen molar-refractivity contribution in [3.05, 3.63) is 0 Å². The summed E-state index contributed by atoms with van der Waals surface area (Å²) in [4.78, 5) is 5.11. The first kappa shape index (κ1) is 12.9. The fraction of sp³-hybridized carbons (Fsp3) is 1.00. The topological polar surface area (TPSA) is 18.5 Å². The van der Waals surface area contributed by atoms with Crippen LogP contribution >= 0.6 is 0 Å². The lowest BCUT2D eigenvalue weighted by atomic mass is 10.0. The van der Waals surface area contributed by atoms with Gasteiger partial charge in [0.2, 0.25) is 0 Å². The van der Waals surface area contributed by atoms with Crippen molar-refractivity contribution in [3.8, 4) is 0 Å². The Morgan fingerprint density at radius 2 is 1.47 bits per heavy atom. The second-order valence-electron chi connectivity index (χ2n) is 4.32. The minimum Gasteiger partial charge on any atom is -0.314 e. The summed E-state index contributed by atoms with van der Waals surface area (Å²) >= 11 is 0. The lowest BCUT2D eigenvalue weighted by molar-refractivity contribution is 0.109. The van der Waals surface area contributed by atoms with Gasteiger partial charge in [0.05, 0.1) is 0 Å². The lowest BCUT2D eigenvalue weighted by Crippen LogP contribution is -2.51. The third-order valence-corrected chi connectivity index (χ3v) is 3.36. The Morgan fingerprint density at radius 1 is 0.933 bits per heavy atom. The Hall–Kier alpha value is -0.120. The van der Waals surface area contributed by atoms with Gasteiger partial charge in [-0.15, -0.1) is 0 Å². The molecule has 0 aromatic heterocycles. The first-order chi connectivity index (χ1) is 7.36. The molecule has 0 spiro atoms. The van der Waals surface area contributed by atoms with Crippen LogP contribution in [0.15, 0.2) is 0 Å². The number of nitrogens with zero attached hydrogens (tertiary/aromatic N) is 2. The van der Waals surface area contributed by atoms with Crippen molar-refractivity contribution in [2.45, 2.75) is 32.7 Å². The summed E-state index contributed by atoms with van der Waals surface area (Å²) in [7, 11) is 2.23. The molecule has 2 heterocycles. The van der Waals surface area contributed by atoms with E-state index in [1.54, 1.807) is 0 Å². The number of piperidine rings is 1. The van der Waals surface area contributed by atoms with E-state index in [2.05, 4.69) is 22.2 Å². The van der Waals surface area contributed by atoms with Crippen LogP contribution in [-0.2, 0) is 0 Å². The highest BCUT2D eigenvalue weighted by Gasteiger charge is 2.23. The van der Waals surface area contributed by atoms with E-state index in [0.29, 0.717) is 0 Å². The molecule has 2 rings (SSSR count). The number of nitrogens with one attached hydrogen (secondary N) is 1. The van der Waals surface area contributed by atoms with Crippen molar-refractivity contribution in [2.24, 2.45) is 0 Å². The van der Waals surface area contributed by atoms with E-state index in [1.807, 2.05) is 13.8 Å². The molecule has 0 aliphatic carbocycles. The van der Waals surface area contributed by atoms with Crippen molar-refractivity contribution in [3.63, 3.8) is 0 Å². The van der Waals surface area contributed by atoms with E-state index in [4.69, 9.17) is 0 Å². The van der Waals surface area contributed by atoms with Crippen LogP contribution in [0.4, 0.5) is 0 Å². The maximum Gasteiger partial charge on any atom is 0.0121 e. The van der Waals surface area contributed by atoms with Gasteiger partial charge in [-0.05, 0) is 33.0 Å². The molecule has 90 valence electrons. The van der Waals surface area contributed by atoms with E-state index >= 15 is 0 Å². The zero-order chi connectivity index (χ0) is 11.1. The van der Waals surface area contributed by atoms with E-state index in [-0.39, 0.29) is 0 Å². The molecular weight excluding hydrogens is 186 g/mol. The van der Waals surface area contributed by atoms with Gasteiger partial charge in [0.15, 0.2) is 0 Å². The van der Waals surface area contributed by atoms with Gasteiger partial charge in [-0.1, -0.05) is 13.8 Å². The van der Waals surface area contributed by atoms with E-state index < -0.39 is 0 Å². The van der Waals surface area contributed by atoms with Gasteiger partial charge in [-0.25, -0.2) is 0 Å². The maximum atomic E-state index is 3.41. The van der Waals surface area contributed by atoms with Crippen molar-refractivity contribution in [1.29, 1.82) is 0 Å². The molecule has 0 atom stereocenters. The highest BCUT2D eigenvalue weighted by molar-refractivity contribution is 4.81. The van der Waals surface area contributed by atoms with Crippen molar-refractivity contribution in [2.75, 3.05) is 46.3 Å². The molecule has 0 saturated carbocycles. The minimum atomic E-state index is 0.873. The van der Waals surface area contributed by atoms with Gasteiger partial charge in [-0.2, -0.15) is 0 Å². The Kier molecular flexibility index (Phi) is 6.22. The molecule has 1 N–H and O–H groups in total. The highest BCUT2D eigenvalue weighted by atomic mass is 15.2. The summed E-state index contributed by atoms with van der Waals surface area (Å²) in [6.07, 6.45) is 2.74. The molecule has 15 heavy (non-hydrogen) atoms. The van der Waals surface area contributed by atoms with Crippen molar-refractivity contribution >= 4 is 0 Å². The van der Waals surface area contributed by atoms with Crippen LogP contribution in [0.5, 0.6) is 0 Å². The number of piperazine rings is 1. The number of rotatable bonds is 1. The number of hydrogen-bond donors (Lipinski definition) is 1. The first-order valence-electron chi connectivity index (χ1n) is 6.49. The number of likely N-dealkylation sites (tertiary alicyclic amines) is 1. The zero-order valence-electron chi connectivity index (χ0n) is 10.6. The average Bonchev–Trinajstić information content (AvgIpc) is 2.34. The zero-order valence-corrected chi connectivity index (χ0v) is 10.6. The van der Waals surface area contributed by atoms with Gasteiger partial charge in [0.25, 0.3) is 0 Å². The molecule has 0 bridgehead atoms. The van der Waals surface area contributed by atoms with Crippen LogP contribution in [0.25, 0.3) is 0 Å². The average molecular weight is 213 g/mol. The fourth-order valence-corrected chi connectivity index (χ4v) is 2.41. The van der Waals surface area contributed by atoms with Gasteiger partial charge in [-0.3, -0.25) is 4.90 Å². The molecule has 2 saturated heterocycles. The molecule has 0 aromatic rings. The van der Waals surface area contributed by atoms with Gasteiger partial charge >= 0.3 is 0 Å². The predicted octanol–water partition coefficient (Wildman–Crippen LogP) is 1.01. The Balaban J connectivity index is 0.000000531. The molecule has 0 radical (unpaired) electrons. The van der Waals surface area contributed by atoms with Crippen LogP contribution in [0.3, 0.4) is 0 Å². The molecule has 2 fully saturated rings.